The van der Waals surface area contributed by atoms with Gasteiger partial charge in [-0.2, -0.15) is 0 Å². The molecule has 0 bridgehead atoms. The highest BCUT2D eigenvalue weighted by Gasteiger charge is 2.23. The smallest absolute Gasteiger partial charge is 0.127 e. The number of fused-ring (bicyclic) bond motifs is 2. The molecule has 0 aliphatic heterocycles. The van der Waals surface area contributed by atoms with E-state index in [-0.39, 0.29) is 34.8 Å². The van der Waals surface area contributed by atoms with E-state index in [0.717, 1.165) is 43.8 Å². The lowest BCUT2D eigenvalue weighted by Gasteiger charge is -2.20. The normalized spacial score (nSPS) is 11.7. The molecule has 0 spiro atoms. The third kappa shape index (κ3) is 5.11. The molecule has 6 rings (SSSR count). The van der Waals surface area contributed by atoms with Crippen LogP contribution in [0, 0.1) is 0 Å². The summed E-state index contributed by atoms with van der Waals surface area (Å²) in [6, 6.07) is 31.2. The second kappa shape index (κ2) is 11.6. The van der Waals surface area contributed by atoms with Crippen molar-refractivity contribution in [3.05, 3.63) is 130 Å². The third-order valence-electron chi connectivity index (χ3n) is 8.76. The first-order chi connectivity index (χ1) is 21.2. The van der Waals surface area contributed by atoms with Crippen molar-refractivity contribution in [3.63, 3.8) is 0 Å². The molecule has 0 fully saturated rings. The molecule has 4 nitrogen and oxygen atoms in total. The van der Waals surface area contributed by atoms with E-state index in [1.54, 1.807) is 0 Å². The van der Waals surface area contributed by atoms with Gasteiger partial charge in [0.15, 0.2) is 0 Å². The summed E-state index contributed by atoms with van der Waals surface area (Å²) in [6.45, 7) is 8.18. The lowest BCUT2D eigenvalue weighted by molar-refractivity contribution is 0.454. The second-order valence-corrected chi connectivity index (χ2v) is 12.3. The molecule has 0 saturated heterocycles. The lowest BCUT2D eigenvalue weighted by atomic mass is 9.86. The lowest BCUT2D eigenvalue weighted by Crippen LogP contribution is -1.99. The van der Waals surface area contributed by atoms with E-state index < -0.39 is 0 Å². The Hall–Kier alpha value is -4.96. The van der Waals surface area contributed by atoms with Gasteiger partial charge in [0, 0.05) is 24.0 Å². The molecule has 0 heterocycles. The Morgan fingerprint density at radius 3 is 1.20 bits per heavy atom. The average Bonchev–Trinajstić information content (AvgIpc) is 3.00. The van der Waals surface area contributed by atoms with Gasteiger partial charge in [0.05, 0.1) is 0 Å². The number of hydrogen-bond donors (Lipinski definition) is 4. The number of phenols is 4. The first-order valence-corrected chi connectivity index (χ1v) is 15.2. The maximum absolute atomic E-state index is 12.0. The van der Waals surface area contributed by atoms with Crippen LogP contribution < -0.4 is 0 Å². The van der Waals surface area contributed by atoms with Gasteiger partial charge in [0.25, 0.3) is 0 Å². The second-order valence-electron chi connectivity index (χ2n) is 12.3. The van der Waals surface area contributed by atoms with Gasteiger partial charge in [-0.25, -0.2) is 0 Å². The van der Waals surface area contributed by atoms with E-state index in [9.17, 15) is 20.4 Å². The van der Waals surface area contributed by atoms with Crippen LogP contribution in [0.2, 0.25) is 0 Å². The predicted octanol–water partition coefficient (Wildman–Crippen LogP) is 9.91. The van der Waals surface area contributed by atoms with Crippen LogP contribution >= 0.6 is 0 Å². The number of aromatic hydroxyl groups is 4. The average molecular weight is 583 g/mol. The SMILES string of the molecule is CC(C)c1cccc(Cc2cc3ccccc3c(-c3c(O)c(Cc4cccc(C(C)C)c4O)cc4ccccc34)c2O)c1O. The Bertz CT molecular complexity index is 1870. The van der Waals surface area contributed by atoms with Gasteiger partial charge < -0.3 is 20.4 Å². The summed E-state index contributed by atoms with van der Waals surface area (Å²) >= 11 is 0. The van der Waals surface area contributed by atoms with Gasteiger partial charge in [0.1, 0.15) is 23.0 Å². The maximum atomic E-state index is 12.0. The number of rotatable bonds is 7. The molecule has 0 amide bonds. The molecule has 0 radical (unpaired) electrons. The molecule has 222 valence electrons. The molecule has 0 atom stereocenters. The molecular weight excluding hydrogens is 544 g/mol. The minimum Gasteiger partial charge on any atom is -0.507 e. The highest BCUT2D eigenvalue weighted by Crippen LogP contribution is 2.49. The zero-order chi connectivity index (χ0) is 31.1. The van der Waals surface area contributed by atoms with Crippen LogP contribution in [0.3, 0.4) is 0 Å². The summed E-state index contributed by atoms with van der Waals surface area (Å²) in [5, 5.41) is 49.8. The third-order valence-corrected chi connectivity index (χ3v) is 8.76. The van der Waals surface area contributed by atoms with Crippen molar-refractivity contribution in [2.24, 2.45) is 0 Å². The predicted molar refractivity (Wildman–Crippen MR) is 180 cm³/mol. The van der Waals surface area contributed by atoms with Crippen LogP contribution in [0.4, 0.5) is 0 Å². The van der Waals surface area contributed by atoms with E-state index in [4.69, 9.17) is 0 Å². The quantitative estimate of drug-likeness (QED) is 0.151. The largest absolute Gasteiger partial charge is 0.507 e. The van der Waals surface area contributed by atoms with Crippen molar-refractivity contribution < 1.29 is 20.4 Å². The summed E-state index contributed by atoms with van der Waals surface area (Å²) in [7, 11) is 0. The van der Waals surface area contributed by atoms with Gasteiger partial charge >= 0.3 is 0 Å². The summed E-state index contributed by atoms with van der Waals surface area (Å²) in [5.41, 5.74) is 5.61. The monoisotopic (exact) mass is 582 g/mol. The maximum Gasteiger partial charge on any atom is 0.127 e. The van der Waals surface area contributed by atoms with Gasteiger partial charge in [-0.05, 0) is 78.9 Å². The molecule has 4 heteroatoms. The molecule has 0 aromatic heterocycles. The Balaban J connectivity index is 1.59. The summed E-state index contributed by atoms with van der Waals surface area (Å²) in [6.07, 6.45) is 0.647. The topological polar surface area (TPSA) is 80.9 Å². The van der Waals surface area contributed by atoms with Crippen molar-refractivity contribution >= 4 is 21.5 Å². The molecule has 44 heavy (non-hydrogen) atoms. The van der Waals surface area contributed by atoms with Crippen LogP contribution in [0.5, 0.6) is 23.0 Å². The van der Waals surface area contributed by atoms with Gasteiger partial charge in [-0.15, -0.1) is 0 Å². The Morgan fingerprint density at radius 1 is 0.432 bits per heavy atom. The highest BCUT2D eigenvalue weighted by atomic mass is 16.3. The molecule has 0 aliphatic carbocycles. The van der Waals surface area contributed by atoms with Gasteiger partial charge in [-0.3, -0.25) is 0 Å². The van der Waals surface area contributed by atoms with Crippen LogP contribution in [-0.4, -0.2) is 20.4 Å². The summed E-state index contributed by atoms with van der Waals surface area (Å²) in [5.74, 6) is 0.941. The van der Waals surface area contributed by atoms with Crippen molar-refractivity contribution in [1.29, 1.82) is 0 Å². The standard InChI is InChI=1S/C40H38O4/c1-23(2)31-17-9-13-27(37(31)41)21-29-19-25-11-5-7-15-33(25)35(39(29)43)36-34-16-8-6-12-26(34)20-30(40(36)44)22-28-14-10-18-32(24(3)4)38(28)42/h5-20,23-24,41-44H,21-22H2,1-4H3. The van der Waals surface area contributed by atoms with Crippen molar-refractivity contribution in [2.75, 3.05) is 0 Å². The van der Waals surface area contributed by atoms with E-state index in [0.29, 0.717) is 35.1 Å². The fraction of sp³-hybridized carbons (Fsp3) is 0.200. The molecule has 6 aromatic rings. The zero-order valence-corrected chi connectivity index (χ0v) is 25.6. The van der Waals surface area contributed by atoms with Crippen molar-refractivity contribution in [3.8, 4) is 34.1 Å². The molecule has 0 aliphatic rings. The van der Waals surface area contributed by atoms with Crippen molar-refractivity contribution in [1.82, 2.24) is 0 Å². The first kappa shape index (κ1) is 29.1. The minimum absolute atomic E-state index is 0.0697. The first-order valence-electron chi connectivity index (χ1n) is 15.2. The van der Waals surface area contributed by atoms with E-state index in [2.05, 4.69) is 0 Å². The molecular formula is C40H38O4. The van der Waals surface area contributed by atoms with Crippen LogP contribution in [0.15, 0.2) is 97.1 Å². The van der Waals surface area contributed by atoms with E-state index in [1.165, 1.54) is 0 Å². The van der Waals surface area contributed by atoms with Crippen LogP contribution in [0.25, 0.3) is 32.7 Å². The van der Waals surface area contributed by atoms with E-state index in [1.807, 2.05) is 125 Å². The molecule has 0 saturated carbocycles. The number of benzene rings is 6. The number of hydrogen-bond acceptors (Lipinski definition) is 4. The van der Waals surface area contributed by atoms with Crippen LogP contribution in [-0.2, 0) is 12.8 Å². The Labute approximate surface area is 258 Å². The van der Waals surface area contributed by atoms with E-state index >= 15 is 0 Å². The fourth-order valence-electron chi connectivity index (χ4n) is 6.41. The Kier molecular flexibility index (Phi) is 7.69. The highest BCUT2D eigenvalue weighted by molar-refractivity contribution is 6.10. The molecule has 4 N–H and O–H groups in total. The fourth-order valence-corrected chi connectivity index (χ4v) is 6.41. The van der Waals surface area contributed by atoms with Gasteiger partial charge in [0.2, 0.25) is 0 Å². The number of phenolic OH excluding ortho intramolecular Hbond substituents is 4. The number of para-hydroxylation sites is 2. The molecule has 0 unspecified atom stereocenters. The van der Waals surface area contributed by atoms with Crippen LogP contribution in [0.1, 0.15) is 72.9 Å². The zero-order valence-electron chi connectivity index (χ0n) is 25.6. The summed E-state index contributed by atoms with van der Waals surface area (Å²) in [4.78, 5) is 0. The Morgan fingerprint density at radius 2 is 0.818 bits per heavy atom. The summed E-state index contributed by atoms with van der Waals surface area (Å²) < 4.78 is 0. The van der Waals surface area contributed by atoms with Crippen molar-refractivity contribution in [2.45, 2.75) is 52.4 Å². The molecule has 6 aromatic carbocycles. The minimum atomic E-state index is 0.0697. The van der Waals surface area contributed by atoms with Gasteiger partial charge in [-0.1, -0.05) is 113 Å².